The van der Waals surface area contributed by atoms with Crippen LogP contribution in [-0.2, 0) is 19.4 Å². The quantitative estimate of drug-likeness (QED) is 0.354. The molecule has 206 valence electrons. The molecule has 0 radical (unpaired) electrons. The Kier molecular flexibility index (Phi) is 7.44. The number of ether oxygens (including phenoxy) is 2. The number of methoxy groups -OCH3 is 1. The topological polar surface area (TPSA) is 45.2 Å². The third-order valence-corrected chi connectivity index (χ3v) is 9.47. The molecule has 39 heavy (non-hydrogen) atoms. The SMILES string of the molecule is CCN(Cc1ccc(OC2CC3CCC(C2)N3C)cc1)c1cc(OC)ccc1C1CCc2cc(O)ccc2C1. The molecule has 1 N–H and O–H groups in total. The number of hydrogen-bond donors (Lipinski definition) is 1. The van der Waals surface area contributed by atoms with Gasteiger partial charge >= 0.3 is 0 Å². The van der Waals surface area contributed by atoms with E-state index in [4.69, 9.17) is 9.47 Å². The van der Waals surface area contributed by atoms with E-state index in [1.165, 1.54) is 40.8 Å². The summed E-state index contributed by atoms with van der Waals surface area (Å²) in [6.07, 6.45) is 8.32. The Labute approximate surface area is 233 Å². The summed E-state index contributed by atoms with van der Waals surface area (Å²) in [6.45, 7) is 3.98. The lowest BCUT2D eigenvalue weighted by molar-refractivity contribution is 0.0661. The van der Waals surface area contributed by atoms with Crippen molar-refractivity contribution in [1.29, 1.82) is 0 Å². The smallest absolute Gasteiger partial charge is 0.120 e. The Morgan fingerprint density at radius 1 is 0.897 bits per heavy atom. The van der Waals surface area contributed by atoms with Crippen molar-refractivity contribution in [1.82, 2.24) is 4.90 Å². The molecule has 3 unspecified atom stereocenters. The van der Waals surface area contributed by atoms with Crippen molar-refractivity contribution in [3.63, 3.8) is 0 Å². The van der Waals surface area contributed by atoms with E-state index in [0.29, 0.717) is 29.9 Å². The van der Waals surface area contributed by atoms with Gasteiger partial charge in [0.2, 0.25) is 0 Å². The Morgan fingerprint density at radius 2 is 1.64 bits per heavy atom. The molecule has 5 heteroatoms. The van der Waals surface area contributed by atoms with Crippen LogP contribution in [0.4, 0.5) is 5.69 Å². The zero-order valence-corrected chi connectivity index (χ0v) is 23.6. The second kappa shape index (κ2) is 11.1. The summed E-state index contributed by atoms with van der Waals surface area (Å²) in [5, 5.41) is 9.92. The lowest BCUT2D eigenvalue weighted by Crippen LogP contribution is -2.43. The number of phenols is 1. The number of anilines is 1. The van der Waals surface area contributed by atoms with Crippen LogP contribution in [0.5, 0.6) is 17.2 Å². The maximum Gasteiger partial charge on any atom is 0.120 e. The van der Waals surface area contributed by atoms with Gasteiger partial charge in [-0.3, -0.25) is 0 Å². The van der Waals surface area contributed by atoms with Crippen LogP contribution in [0, 0.1) is 0 Å². The van der Waals surface area contributed by atoms with E-state index in [0.717, 1.165) is 56.7 Å². The van der Waals surface area contributed by atoms with Gasteiger partial charge in [0.1, 0.15) is 23.4 Å². The molecule has 2 fully saturated rings. The van der Waals surface area contributed by atoms with Crippen LogP contribution in [0.3, 0.4) is 0 Å². The zero-order valence-electron chi connectivity index (χ0n) is 23.6. The van der Waals surface area contributed by atoms with Gasteiger partial charge in [-0.05, 0) is 117 Å². The highest BCUT2D eigenvalue weighted by molar-refractivity contribution is 5.60. The normalized spacial score (nSPS) is 24.3. The molecule has 2 aliphatic heterocycles. The first-order chi connectivity index (χ1) is 19.0. The fourth-order valence-electron chi connectivity index (χ4n) is 7.19. The fraction of sp³-hybridized carbons (Fsp3) is 0.471. The average Bonchev–Trinajstić information content (AvgIpc) is 3.16. The standard InChI is InChI=1S/C34H42N2O3/c1-4-36(22-23-5-13-30(14-6-23)39-32-19-27-10-11-28(20-32)35(27)2)34-21-31(38-3)15-16-33(34)26-8-7-25-18-29(37)12-9-24(25)17-26/h5-6,9,12-16,18,21,26-28,32,37H,4,7-8,10-11,17,19-20,22H2,1-3H3. The second-order valence-electron chi connectivity index (χ2n) is 11.7. The summed E-state index contributed by atoms with van der Waals surface area (Å²) in [4.78, 5) is 5.03. The van der Waals surface area contributed by atoms with Crippen molar-refractivity contribution in [3.8, 4) is 17.2 Å². The molecule has 5 nitrogen and oxygen atoms in total. The average molecular weight is 527 g/mol. The van der Waals surface area contributed by atoms with E-state index >= 15 is 0 Å². The molecule has 3 aliphatic rings. The van der Waals surface area contributed by atoms with Crippen molar-refractivity contribution in [2.24, 2.45) is 0 Å². The summed E-state index contributed by atoms with van der Waals surface area (Å²) >= 11 is 0. The number of nitrogens with zero attached hydrogens (tertiary/aromatic N) is 2. The first-order valence-electron chi connectivity index (χ1n) is 14.7. The largest absolute Gasteiger partial charge is 0.508 e. The molecular formula is C34H42N2O3. The van der Waals surface area contributed by atoms with Gasteiger partial charge in [0, 0.05) is 36.9 Å². The number of rotatable bonds is 8. The van der Waals surface area contributed by atoms with Gasteiger partial charge in [-0.25, -0.2) is 0 Å². The second-order valence-corrected chi connectivity index (χ2v) is 11.7. The maximum absolute atomic E-state index is 9.92. The van der Waals surface area contributed by atoms with E-state index in [1.54, 1.807) is 7.11 Å². The van der Waals surface area contributed by atoms with Gasteiger partial charge in [-0.1, -0.05) is 24.3 Å². The molecule has 2 bridgehead atoms. The molecule has 0 saturated carbocycles. The third-order valence-electron chi connectivity index (χ3n) is 9.47. The summed E-state index contributed by atoms with van der Waals surface area (Å²) in [5.41, 5.74) is 6.55. The number of fused-ring (bicyclic) bond motifs is 3. The number of aryl methyl sites for hydroxylation is 1. The number of phenolic OH excluding ortho intramolecular Hbond substituents is 1. The monoisotopic (exact) mass is 526 g/mol. The minimum absolute atomic E-state index is 0.334. The Hall–Kier alpha value is -3.18. The molecule has 3 aromatic carbocycles. The van der Waals surface area contributed by atoms with Crippen LogP contribution in [0.15, 0.2) is 60.7 Å². The summed E-state index contributed by atoms with van der Waals surface area (Å²) < 4.78 is 12.1. The molecule has 2 heterocycles. The van der Waals surface area contributed by atoms with E-state index in [2.05, 4.69) is 72.3 Å². The van der Waals surface area contributed by atoms with Gasteiger partial charge in [0.15, 0.2) is 0 Å². The van der Waals surface area contributed by atoms with Gasteiger partial charge in [-0.2, -0.15) is 0 Å². The number of benzene rings is 3. The molecule has 0 aromatic heterocycles. The maximum atomic E-state index is 9.92. The minimum Gasteiger partial charge on any atom is -0.508 e. The summed E-state index contributed by atoms with van der Waals surface area (Å²) in [7, 11) is 4.02. The highest BCUT2D eigenvalue weighted by Gasteiger charge is 2.39. The minimum atomic E-state index is 0.334. The van der Waals surface area contributed by atoms with Gasteiger partial charge < -0.3 is 24.4 Å². The number of hydrogen-bond acceptors (Lipinski definition) is 5. The van der Waals surface area contributed by atoms with E-state index in [1.807, 2.05) is 12.1 Å². The number of piperidine rings is 1. The van der Waals surface area contributed by atoms with Crippen molar-refractivity contribution >= 4 is 5.69 Å². The van der Waals surface area contributed by atoms with Gasteiger partial charge in [0.25, 0.3) is 0 Å². The molecule has 0 spiro atoms. The van der Waals surface area contributed by atoms with Crippen molar-refractivity contribution in [2.45, 2.75) is 82.5 Å². The molecular weight excluding hydrogens is 484 g/mol. The predicted molar refractivity (Wildman–Crippen MR) is 157 cm³/mol. The lowest BCUT2D eigenvalue weighted by Gasteiger charge is -2.36. The van der Waals surface area contributed by atoms with Crippen LogP contribution in [0.2, 0.25) is 0 Å². The van der Waals surface area contributed by atoms with Crippen LogP contribution < -0.4 is 14.4 Å². The lowest BCUT2D eigenvalue weighted by atomic mass is 9.79. The van der Waals surface area contributed by atoms with Gasteiger partial charge in [0.05, 0.1) is 7.11 Å². The fourth-order valence-corrected chi connectivity index (χ4v) is 7.19. The van der Waals surface area contributed by atoms with Crippen molar-refractivity contribution in [3.05, 3.63) is 82.9 Å². The van der Waals surface area contributed by atoms with Gasteiger partial charge in [-0.15, -0.1) is 0 Å². The van der Waals surface area contributed by atoms with E-state index in [-0.39, 0.29) is 0 Å². The van der Waals surface area contributed by atoms with Crippen LogP contribution in [0.25, 0.3) is 0 Å². The first kappa shape index (κ1) is 26.1. The number of aromatic hydroxyl groups is 1. The zero-order chi connectivity index (χ0) is 26.9. The molecule has 1 aliphatic carbocycles. The molecule has 3 aromatic rings. The Balaban J connectivity index is 1.18. The van der Waals surface area contributed by atoms with Crippen molar-refractivity contribution in [2.75, 3.05) is 25.6 Å². The van der Waals surface area contributed by atoms with Crippen LogP contribution in [-0.4, -0.2) is 48.9 Å². The molecule has 2 saturated heterocycles. The van der Waals surface area contributed by atoms with Crippen LogP contribution in [0.1, 0.15) is 67.2 Å². The molecule has 3 atom stereocenters. The van der Waals surface area contributed by atoms with E-state index in [9.17, 15) is 5.11 Å². The molecule has 0 amide bonds. The highest BCUT2D eigenvalue weighted by Crippen LogP contribution is 2.40. The summed E-state index contributed by atoms with van der Waals surface area (Å²) in [6, 6.07) is 22.6. The van der Waals surface area contributed by atoms with Crippen LogP contribution >= 0.6 is 0 Å². The first-order valence-corrected chi connectivity index (χ1v) is 14.7. The highest BCUT2D eigenvalue weighted by atomic mass is 16.5. The van der Waals surface area contributed by atoms with E-state index < -0.39 is 0 Å². The molecule has 6 rings (SSSR count). The third kappa shape index (κ3) is 5.47. The van der Waals surface area contributed by atoms with Crippen molar-refractivity contribution < 1.29 is 14.6 Å². The predicted octanol–water partition coefficient (Wildman–Crippen LogP) is 6.70. The summed E-state index contributed by atoms with van der Waals surface area (Å²) in [5.74, 6) is 2.69. The Bertz CT molecular complexity index is 1280. The Morgan fingerprint density at radius 3 is 2.36 bits per heavy atom.